The first-order valence-electron chi connectivity index (χ1n) is 6.76. The van der Waals surface area contributed by atoms with Crippen molar-refractivity contribution in [2.24, 2.45) is 0 Å². The van der Waals surface area contributed by atoms with Crippen LogP contribution in [0.1, 0.15) is 15.9 Å². The van der Waals surface area contributed by atoms with Gasteiger partial charge in [0.25, 0.3) is 0 Å². The largest absolute Gasteiger partial charge is 0.505 e. The highest BCUT2D eigenvalue weighted by Crippen LogP contribution is 2.28. The van der Waals surface area contributed by atoms with Gasteiger partial charge >= 0.3 is 5.97 Å². The molecule has 0 bridgehead atoms. The maximum atomic E-state index is 11.1. The molecule has 0 saturated carbocycles. The van der Waals surface area contributed by atoms with Gasteiger partial charge in [0.05, 0.1) is 29.7 Å². The van der Waals surface area contributed by atoms with Crippen molar-refractivity contribution in [1.82, 2.24) is 4.98 Å². The fraction of sp³-hybridized carbons (Fsp3) is 0.188. The van der Waals surface area contributed by atoms with E-state index >= 15 is 0 Å². The Labute approximate surface area is 132 Å². The lowest BCUT2D eigenvalue weighted by Crippen LogP contribution is -2.22. The molecule has 0 spiro atoms. The van der Waals surface area contributed by atoms with Gasteiger partial charge in [-0.2, -0.15) is 5.26 Å². The summed E-state index contributed by atoms with van der Waals surface area (Å²) in [4.78, 5) is 16.8. The van der Waals surface area contributed by atoms with Gasteiger partial charge in [0.2, 0.25) is 0 Å². The van der Waals surface area contributed by atoms with E-state index in [4.69, 9.17) is 10.2 Å². The summed E-state index contributed by atoms with van der Waals surface area (Å²) < 4.78 is 0. The number of aromatic nitrogens is 1. The molecule has 0 radical (unpaired) electrons. The zero-order chi connectivity index (χ0) is 17.0. The fourth-order valence-electron chi connectivity index (χ4n) is 2.17. The Morgan fingerprint density at radius 2 is 2.13 bits per heavy atom. The molecule has 0 atom stereocenters. The third-order valence-corrected chi connectivity index (χ3v) is 3.37. The van der Waals surface area contributed by atoms with Crippen LogP contribution in [0.3, 0.4) is 0 Å². The van der Waals surface area contributed by atoms with Gasteiger partial charge < -0.3 is 20.2 Å². The molecule has 3 N–H and O–H groups in total. The van der Waals surface area contributed by atoms with E-state index in [2.05, 4.69) is 11.1 Å². The van der Waals surface area contributed by atoms with E-state index in [0.29, 0.717) is 29.1 Å². The maximum Gasteiger partial charge on any atom is 0.339 e. The highest BCUT2D eigenvalue weighted by Gasteiger charge is 2.14. The molecule has 2 aromatic rings. The summed E-state index contributed by atoms with van der Waals surface area (Å²) in [7, 11) is 1.76. The summed E-state index contributed by atoms with van der Waals surface area (Å²) in [6, 6.07) is 8.33. The molecule has 1 aromatic carbocycles. The minimum Gasteiger partial charge on any atom is -0.505 e. The van der Waals surface area contributed by atoms with E-state index in [9.17, 15) is 15.2 Å². The number of aliphatic hydroxyl groups is 1. The van der Waals surface area contributed by atoms with Gasteiger partial charge in [-0.25, -0.2) is 4.79 Å². The molecule has 7 nitrogen and oxygen atoms in total. The lowest BCUT2D eigenvalue weighted by Gasteiger charge is -2.19. The van der Waals surface area contributed by atoms with Crippen molar-refractivity contribution in [2.75, 3.05) is 25.1 Å². The van der Waals surface area contributed by atoms with E-state index in [1.165, 1.54) is 6.07 Å². The molecular formula is C16H15N3O4. The zero-order valence-electron chi connectivity index (χ0n) is 12.4. The Morgan fingerprint density at radius 1 is 1.39 bits per heavy atom. The molecule has 0 unspecified atom stereocenters. The fourth-order valence-corrected chi connectivity index (χ4v) is 2.17. The highest BCUT2D eigenvalue weighted by atomic mass is 16.4. The average Bonchev–Trinajstić information content (AvgIpc) is 2.54. The number of aromatic hydroxyl groups is 1. The Bertz CT molecular complexity index is 783. The molecule has 1 heterocycles. The number of nitriles is 1. The standard InChI is InChI=1S/C16H15N3O4/c1-19(4-5-20)14-3-2-10(6-11(14)8-17)13-7-12(16(22)23)15(21)9-18-13/h2-3,6-7,9,20-21H,4-5H2,1H3,(H,22,23). The van der Waals surface area contributed by atoms with E-state index < -0.39 is 11.7 Å². The number of anilines is 1. The zero-order valence-corrected chi connectivity index (χ0v) is 12.4. The van der Waals surface area contributed by atoms with E-state index in [0.717, 1.165) is 6.20 Å². The third-order valence-electron chi connectivity index (χ3n) is 3.37. The van der Waals surface area contributed by atoms with Crippen molar-refractivity contribution in [2.45, 2.75) is 0 Å². The van der Waals surface area contributed by atoms with Gasteiger partial charge in [0.1, 0.15) is 17.4 Å². The molecule has 2 rings (SSSR count). The molecule has 1 aromatic heterocycles. The second kappa shape index (κ2) is 6.77. The van der Waals surface area contributed by atoms with Crippen LogP contribution in [-0.2, 0) is 0 Å². The quantitative estimate of drug-likeness (QED) is 0.764. The van der Waals surface area contributed by atoms with Crippen LogP contribution >= 0.6 is 0 Å². The van der Waals surface area contributed by atoms with Crippen LogP contribution in [0.2, 0.25) is 0 Å². The summed E-state index contributed by atoms with van der Waals surface area (Å²) in [5, 5.41) is 36.8. The number of hydrogen-bond acceptors (Lipinski definition) is 6. The SMILES string of the molecule is CN(CCO)c1ccc(-c2cc(C(=O)O)c(O)cn2)cc1C#N. The minimum absolute atomic E-state index is 0.0371. The molecular weight excluding hydrogens is 298 g/mol. The van der Waals surface area contributed by atoms with E-state index in [1.807, 2.05) is 0 Å². The highest BCUT2D eigenvalue weighted by molar-refractivity contribution is 5.92. The number of benzene rings is 1. The monoisotopic (exact) mass is 313 g/mol. The number of hydrogen-bond donors (Lipinski definition) is 3. The van der Waals surface area contributed by atoms with Crippen molar-refractivity contribution in [3.63, 3.8) is 0 Å². The number of carboxylic acid groups (broad SMARTS) is 1. The van der Waals surface area contributed by atoms with Crippen LogP contribution in [0.4, 0.5) is 5.69 Å². The summed E-state index contributed by atoms with van der Waals surface area (Å²) >= 11 is 0. The number of rotatable bonds is 5. The molecule has 0 amide bonds. The van der Waals surface area contributed by atoms with Crippen LogP contribution in [0, 0.1) is 11.3 Å². The van der Waals surface area contributed by atoms with E-state index in [1.54, 1.807) is 30.1 Å². The Balaban J connectivity index is 2.48. The predicted octanol–water partition coefficient (Wildman–Crippen LogP) is 1.45. The lowest BCUT2D eigenvalue weighted by atomic mass is 10.0. The first kappa shape index (κ1) is 16.3. The molecule has 118 valence electrons. The molecule has 0 saturated heterocycles. The molecule has 23 heavy (non-hydrogen) atoms. The number of likely N-dealkylation sites (N-methyl/N-ethyl adjacent to an activating group) is 1. The van der Waals surface area contributed by atoms with Gasteiger partial charge in [-0.3, -0.25) is 4.98 Å². The number of nitrogens with zero attached hydrogens (tertiary/aromatic N) is 3. The van der Waals surface area contributed by atoms with Gasteiger partial charge in [-0.05, 0) is 18.2 Å². The summed E-state index contributed by atoms with van der Waals surface area (Å²) in [5.74, 6) is -1.67. The summed E-state index contributed by atoms with van der Waals surface area (Å²) in [5.41, 5.74) is 1.68. The topological polar surface area (TPSA) is 118 Å². The number of carboxylic acids is 1. The smallest absolute Gasteiger partial charge is 0.339 e. The first-order valence-corrected chi connectivity index (χ1v) is 6.76. The van der Waals surface area contributed by atoms with Crippen LogP contribution < -0.4 is 4.90 Å². The molecule has 0 aliphatic carbocycles. The Kier molecular flexibility index (Phi) is 4.79. The average molecular weight is 313 g/mol. The van der Waals surface area contributed by atoms with Crippen molar-refractivity contribution in [3.05, 3.63) is 41.6 Å². The van der Waals surface area contributed by atoms with Gasteiger partial charge in [-0.1, -0.05) is 6.07 Å². The van der Waals surface area contributed by atoms with Gasteiger partial charge in [-0.15, -0.1) is 0 Å². The number of aliphatic hydroxyl groups excluding tert-OH is 1. The molecule has 0 aliphatic heterocycles. The van der Waals surface area contributed by atoms with Crippen molar-refractivity contribution in [3.8, 4) is 23.1 Å². The minimum atomic E-state index is -1.26. The normalized spacial score (nSPS) is 10.1. The third kappa shape index (κ3) is 3.39. The van der Waals surface area contributed by atoms with Crippen molar-refractivity contribution >= 4 is 11.7 Å². The van der Waals surface area contributed by atoms with Crippen LogP contribution in [0.5, 0.6) is 5.75 Å². The molecule has 7 heteroatoms. The Hall–Kier alpha value is -3.11. The summed E-state index contributed by atoms with van der Waals surface area (Å²) in [6.07, 6.45) is 1.07. The number of aromatic carboxylic acids is 1. The van der Waals surface area contributed by atoms with E-state index in [-0.39, 0.29) is 12.2 Å². The number of pyridine rings is 1. The maximum absolute atomic E-state index is 11.1. The van der Waals surface area contributed by atoms with Crippen molar-refractivity contribution < 1.29 is 20.1 Å². The lowest BCUT2D eigenvalue weighted by molar-refractivity contribution is 0.0693. The van der Waals surface area contributed by atoms with Gasteiger partial charge in [0.15, 0.2) is 0 Å². The number of carbonyl (C=O) groups is 1. The second-order valence-electron chi connectivity index (χ2n) is 4.88. The predicted molar refractivity (Wildman–Crippen MR) is 83.4 cm³/mol. The summed E-state index contributed by atoms with van der Waals surface area (Å²) in [6.45, 7) is 0.346. The van der Waals surface area contributed by atoms with Crippen LogP contribution in [0.15, 0.2) is 30.5 Å². The van der Waals surface area contributed by atoms with Crippen molar-refractivity contribution in [1.29, 1.82) is 5.26 Å². The van der Waals surface area contributed by atoms with Crippen LogP contribution in [-0.4, -0.2) is 46.5 Å². The molecule has 0 aliphatic rings. The Morgan fingerprint density at radius 3 is 2.74 bits per heavy atom. The second-order valence-corrected chi connectivity index (χ2v) is 4.88. The molecule has 0 fully saturated rings. The van der Waals surface area contributed by atoms with Gasteiger partial charge in [0, 0.05) is 19.2 Å². The first-order chi connectivity index (χ1) is 11.0. The van der Waals surface area contributed by atoms with Crippen LogP contribution in [0.25, 0.3) is 11.3 Å².